The van der Waals surface area contributed by atoms with Crippen LogP contribution in [-0.2, 0) is 10.0 Å². The van der Waals surface area contributed by atoms with Gasteiger partial charge in [0.15, 0.2) is 0 Å². The van der Waals surface area contributed by atoms with Crippen molar-refractivity contribution in [2.75, 3.05) is 32.8 Å². The van der Waals surface area contributed by atoms with E-state index in [0.29, 0.717) is 12.4 Å². The molecule has 0 bridgehead atoms. The van der Waals surface area contributed by atoms with Crippen molar-refractivity contribution in [3.63, 3.8) is 0 Å². The number of piperazine rings is 1. The minimum absolute atomic E-state index is 0. The molecule has 1 unspecified atom stereocenters. The van der Waals surface area contributed by atoms with Crippen LogP contribution in [0.4, 0.5) is 0 Å². The predicted molar refractivity (Wildman–Crippen MR) is 102 cm³/mol. The molecule has 0 radical (unpaired) electrons. The molecule has 3 rings (SSSR count). The van der Waals surface area contributed by atoms with E-state index in [4.69, 9.17) is 9.88 Å². The van der Waals surface area contributed by atoms with Crippen LogP contribution in [0.1, 0.15) is 11.6 Å². The van der Waals surface area contributed by atoms with Crippen molar-refractivity contribution in [1.82, 2.24) is 15.2 Å². The van der Waals surface area contributed by atoms with Gasteiger partial charge in [-0.25, -0.2) is 13.6 Å². The van der Waals surface area contributed by atoms with Crippen LogP contribution >= 0.6 is 12.4 Å². The van der Waals surface area contributed by atoms with E-state index in [-0.39, 0.29) is 23.3 Å². The maximum atomic E-state index is 11.3. The summed E-state index contributed by atoms with van der Waals surface area (Å²) in [5, 5.41) is 8.50. The predicted octanol–water partition coefficient (Wildman–Crippen LogP) is 1.18. The number of rotatable bonds is 6. The summed E-state index contributed by atoms with van der Waals surface area (Å²) in [7, 11) is -3.67. The third kappa shape index (κ3) is 5.39. The maximum absolute atomic E-state index is 11.3. The van der Waals surface area contributed by atoms with Gasteiger partial charge >= 0.3 is 0 Å². The number of nitrogens with two attached hydrogens (primary N) is 1. The first kappa shape index (κ1) is 20.6. The number of primary sulfonamides is 1. The Morgan fingerprint density at radius 1 is 1.27 bits per heavy atom. The van der Waals surface area contributed by atoms with Gasteiger partial charge in [0.05, 0.1) is 4.90 Å². The fourth-order valence-corrected chi connectivity index (χ4v) is 3.44. The second-order valence-corrected chi connectivity index (χ2v) is 7.47. The number of hydrogen-bond donors (Lipinski definition) is 2. The van der Waals surface area contributed by atoms with Gasteiger partial charge in [-0.05, 0) is 35.9 Å². The van der Waals surface area contributed by atoms with E-state index in [0.717, 1.165) is 26.2 Å². The second-order valence-electron chi connectivity index (χ2n) is 5.91. The first-order valence-corrected chi connectivity index (χ1v) is 9.69. The van der Waals surface area contributed by atoms with E-state index in [2.05, 4.69) is 21.3 Å². The third-order valence-corrected chi connectivity index (χ3v) is 5.15. The number of nitrogens with one attached hydrogen (secondary N) is 1. The molecule has 1 aliphatic heterocycles. The lowest BCUT2D eigenvalue weighted by molar-refractivity contribution is 0.134. The minimum atomic E-state index is -3.67. The van der Waals surface area contributed by atoms with E-state index < -0.39 is 10.0 Å². The molecular formula is C17H23ClN4O3S. The lowest BCUT2D eigenvalue weighted by Gasteiger charge is -2.36. The Hall–Kier alpha value is -1.71. The van der Waals surface area contributed by atoms with Crippen LogP contribution in [0.5, 0.6) is 5.75 Å². The lowest BCUT2D eigenvalue weighted by atomic mass is 10.1. The number of ether oxygens (including phenoxy) is 1. The second kappa shape index (κ2) is 9.29. The molecular weight excluding hydrogens is 376 g/mol. The van der Waals surface area contributed by atoms with Gasteiger partial charge in [0.2, 0.25) is 10.0 Å². The molecule has 2 aromatic rings. The molecule has 1 atom stereocenters. The van der Waals surface area contributed by atoms with Crippen molar-refractivity contribution in [3.05, 3.63) is 54.4 Å². The van der Waals surface area contributed by atoms with E-state index in [9.17, 15) is 8.42 Å². The average molecular weight is 399 g/mol. The van der Waals surface area contributed by atoms with Crippen molar-refractivity contribution in [1.29, 1.82) is 0 Å². The van der Waals surface area contributed by atoms with Crippen molar-refractivity contribution in [3.8, 4) is 5.75 Å². The summed E-state index contributed by atoms with van der Waals surface area (Å²) in [4.78, 5) is 6.65. The van der Waals surface area contributed by atoms with Crippen LogP contribution in [0.15, 0.2) is 53.7 Å². The van der Waals surface area contributed by atoms with Gasteiger partial charge in [0, 0.05) is 44.6 Å². The quantitative estimate of drug-likeness (QED) is 0.758. The van der Waals surface area contributed by atoms with Crippen LogP contribution < -0.4 is 15.2 Å². The fourth-order valence-electron chi connectivity index (χ4n) is 2.92. The number of hydrogen-bond acceptors (Lipinski definition) is 6. The summed E-state index contributed by atoms with van der Waals surface area (Å²) in [5.41, 5.74) is 1.19. The Morgan fingerprint density at radius 3 is 2.69 bits per heavy atom. The smallest absolute Gasteiger partial charge is 0.238 e. The number of aromatic nitrogens is 1. The number of halogens is 1. The van der Waals surface area contributed by atoms with Gasteiger partial charge in [-0.1, -0.05) is 6.07 Å². The molecule has 0 saturated carbocycles. The zero-order valence-corrected chi connectivity index (χ0v) is 15.9. The lowest BCUT2D eigenvalue weighted by Crippen LogP contribution is -2.47. The molecule has 142 valence electrons. The first-order chi connectivity index (χ1) is 12.0. The fraction of sp³-hybridized carbons (Fsp3) is 0.353. The highest BCUT2D eigenvalue weighted by atomic mass is 35.5. The molecule has 2 heterocycles. The molecule has 9 heteroatoms. The highest BCUT2D eigenvalue weighted by Gasteiger charge is 2.23. The molecule has 1 aromatic heterocycles. The first-order valence-electron chi connectivity index (χ1n) is 8.14. The summed E-state index contributed by atoms with van der Waals surface area (Å²) in [6, 6.07) is 10.5. The summed E-state index contributed by atoms with van der Waals surface area (Å²) in [5.74, 6) is 0.625. The number of benzene rings is 1. The molecule has 7 nitrogen and oxygen atoms in total. The summed E-state index contributed by atoms with van der Waals surface area (Å²) in [6.45, 7) is 4.06. The van der Waals surface area contributed by atoms with Crippen LogP contribution in [0.3, 0.4) is 0 Å². The zero-order chi connectivity index (χ0) is 17.7. The van der Waals surface area contributed by atoms with E-state index in [1.54, 1.807) is 18.3 Å². The maximum Gasteiger partial charge on any atom is 0.238 e. The summed E-state index contributed by atoms with van der Waals surface area (Å²) >= 11 is 0. The SMILES string of the molecule is Cl.NS(=O)(=O)c1ccc(OCCN2CCNCC2c2cccnc2)cc1. The summed E-state index contributed by atoms with van der Waals surface area (Å²) in [6.07, 6.45) is 3.68. The van der Waals surface area contributed by atoms with Crippen LogP contribution in [-0.4, -0.2) is 51.1 Å². The van der Waals surface area contributed by atoms with Crippen LogP contribution in [0.2, 0.25) is 0 Å². The van der Waals surface area contributed by atoms with Gasteiger partial charge in [-0.2, -0.15) is 0 Å². The van der Waals surface area contributed by atoms with Crippen LogP contribution in [0, 0.1) is 0 Å². The van der Waals surface area contributed by atoms with Crippen molar-refractivity contribution < 1.29 is 13.2 Å². The normalized spacial score (nSPS) is 18.1. The van der Waals surface area contributed by atoms with Gasteiger partial charge in [0.1, 0.15) is 12.4 Å². The molecule has 1 saturated heterocycles. The summed E-state index contributed by atoms with van der Waals surface area (Å²) < 4.78 is 28.3. The molecule has 1 fully saturated rings. The van der Waals surface area contributed by atoms with E-state index >= 15 is 0 Å². The minimum Gasteiger partial charge on any atom is -0.492 e. The Morgan fingerprint density at radius 2 is 2.04 bits per heavy atom. The Bertz CT molecular complexity index is 787. The average Bonchev–Trinajstić information content (AvgIpc) is 2.63. The van der Waals surface area contributed by atoms with Crippen LogP contribution in [0.25, 0.3) is 0 Å². The number of nitrogens with zero attached hydrogens (tertiary/aromatic N) is 2. The van der Waals surface area contributed by atoms with Gasteiger partial charge < -0.3 is 10.1 Å². The molecule has 26 heavy (non-hydrogen) atoms. The van der Waals surface area contributed by atoms with Gasteiger partial charge in [-0.3, -0.25) is 9.88 Å². The van der Waals surface area contributed by atoms with Crippen molar-refractivity contribution in [2.24, 2.45) is 5.14 Å². The molecule has 0 spiro atoms. The molecule has 1 aromatic carbocycles. The Labute approximate surface area is 160 Å². The largest absolute Gasteiger partial charge is 0.492 e. The Balaban J connectivity index is 0.00000243. The van der Waals surface area contributed by atoms with Gasteiger partial charge in [0.25, 0.3) is 0 Å². The van der Waals surface area contributed by atoms with Gasteiger partial charge in [-0.15, -0.1) is 12.4 Å². The molecule has 0 amide bonds. The highest BCUT2D eigenvalue weighted by molar-refractivity contribution is 7.89. The van der Waals surface area contributed by atoms with E-state index in [1.807, 2.05) is 12.3 Å². The highest BCUT2D eigenvalue weighted by Crippen LogP contribution is 2.21. The molecule has 1 aliphatic rings. The van der Waals surface area contributed by atoms with Crippen molar-refractivity contribution in [2.45, 2.75) is 10.9 Å². The molecule has 0 aliphatic carbocycles. The topological polar surface area (TPSA) is 97.5 Å². The monoisotopic (exact) mass is 398 g/mol. The number of sulfonamides is 1. The van der Waals surface area contributed by atoms with Crippen molar-refractivity contribution >= 4 is 22.4 Å². The Kier molecular flexibility index (Phi) is 7.36. The number of pyridine rings is 1. The van der Waals surface area contributed by atoms with E-state index in [1.165, 1.54) is 17.7 Å². The standard InChI is InChI=1S/C17H22N4O3S.ClH/c18-25(22,23)16-5-3-15(4-6-16)24-11-10-21-9-8-20-13-17(21)14-2-1-7-19-12-14;/h1-7,12,17,20H,8-11,13H2,(H2,18,22,23);1H. The zero-order valence-electron chi connectivity index (χ0n) is 14.2. The third-order valence-electron chi connectivity index (χ3n) is 4.22. The molecule has 3 N–H and O–H groups in total.